The molecule has 1 atom stereocenters. The standard InChI is InChI=1S/C28H30ClNO7S/c1-28(2,3)37-27(34)30(18-25(31)21-5-4-6-22(29)17-21)16-15-19-7-11-23(12-8-19)38(35,36)24-13-9-20(10-14-24)26(32)33/h4-14,17,25,31H,15-16,18H2,1-3H3,(H,32,33)/t25-/m1/s1. The quantitative estimate of drug-likeness (QED) is 0.361. The summed E-state index contributed by atoms with van der Waals surface area (Å²) in [6.45, 7) is 5.46. The van der Waals surface area contributed by atoms with E-state index < -0.39 is 33.6 Å². The van der Waals surface area contributed by atoms with Crippen LogP contribution in [0.3, 0.4) is 0 Å². The number of carbonyl (C=O) groups is 2. The molecule has 0 aliphatic heterocycles. The van der Waals surface area contributed by atoms with E-state index in [0.717, 1.165) is 5.56 Å². The van der Waals surface area contributed by atoms with E-state index in [1.54, 1.807) is 57.2 Å². The Labute approximate surface area is 227 Å². The normalized spacial score (nSPS) is 12.6. The predicted molar refractivity (Wildman–Crippen MR) is 143 cm³/mol. The fraction of sp³-hybridized carbons (Fsp3) is 0.286. The molecule has 1 amide bonds. The van der Waals surface area contributed by atoms with E-state index in [1.165, 1.54) is 41.3 Å². The number of nitrogens with zero attached hydrogens (tertiary/aromatic N) is 1. The van der Waals surface area contributed by atoms with E-state index in [-0.39, 0.29) is 28.4 Å². The van der Waals surface area contributed by atoms with Crippen LogP contribution in [0, 0.1) is 0 Å². The van der Waals surface area contributed by atoms with Gasteiger partial charge < -0.3 is 19.8 Å². The van der Waals surface area contributed by atoms with Gasteiger partial charge in [-0.05, 0) is 86.8 Å². The smallest absolute Gasteiger partial charge is 0.410 e. The van der Waals surface area contributed by atoms with Crippen LogP contribution in [0.1, 0.15) is 48.4 Å². The lowest BCUT2D eigenvalue weighted by atomic mass is 10.1. The van der Waals surface area contributed by atoms with E-state index in [2.05, 4.69) is 0 Å². The maximum Gasteiger partial charge on any atom is 0.410 e. The fourth-order valence-electron chi connectivity index (χ4n) is 3.62. The van der Waals surface area contributed by atoms with Crippen molar-refractivity contribution in [1.29, 1.82) is 0 Å². The minimum Gasteiger partial charge on any atom is -0.478 e. The number of amides is 1. The summed E-state index contributed by atoms with van der Waals surface area (Å²) in [4.78, 5) is 25.4. The number of carboxylic acids is 1. The number of aliphatic hydroxyl groups excluding tert-OH is 1. The number of sulfone groups is 1. The second-order valence-electron chi connectivity index (χ2n) is 9.72. The lowest BCUT2D eigenvalue weighted by Gasteiger charge is -2.29. The van der Waals surface area contributed by atoms with Crippen LogP contribution in [0.2, 0.25) is 5.02 Å². The number of halogens is 1. The maximum atomic E-state index is 12.9. The molecule has 0 spiro atoms. The van der Waals surface area contributed by atoms with Crippen molar-refractivity contribution in [3.8, 4) is 0 Å². The Hall–Kier alpha value is -3.40. The third-order valence-electron chi connectivity index (χ3n) is 5.59. The summed E-state index contributed by atoms with van der Waals surface area (Å²) >= 11 is 6.04. The van der Waals surface area contributed by atoms with Crippen molar-refractivity contribution in [2.45, 2.75) is 48.7 Å². The van der Waals surface area contributed by atoms with Crippen LogP contribution in [-0.2, 0) is 21.0 Å². The van der Waals surface area contributed by atoms with Crippen LogP contribution >= 0.6 is 11.6 Å². The van der Waals surface area contributed by atoms with Gasteiger partial charge in [0.05, 0.1) is 28.0 Å². The van der Waals surface area contributed by atoms with E-state index in [4.69, 9.17) is 21.4 Å². The molecule has 8 nitrogen and oxygen atoms in total. The number of hydrogen-bond donors (Lipinski definition) is 2. The van der Waals surface area contributed by atoms with Crippen LogP contribution in [0.4, 0.5) is 4.79 Å². The highest BCUT2D eigenvalue weighted by Gasteiger charge is 2.25. The minimum absolute atomic E-state index is 0.00526. The highest BCUT2D eigenvalue weighted by Crippen LogP contribution is 2.23. The zero-order chi connectivity index (χ0) is 28.1. The zero-order valence-corrected chi connectivity index (χ0v) is 22.9. The van der Waals surface area contributed by atoms with Crippen molar-refractivity contribution in [2.24, 2.45) is 0 Å². The number of carbonyl (C=O) groups excluding carboxylic acids is 1. The summed E-state index contributed by atoms with van der Waals surface area (Å²) in [5, 5.41) is 20.2. The number of ether oxygens (including phenoxy) is 1. The van der Waals surface area contributed by atoms with Gasteiger partial charge in [-0.2, -0.15) is 0 Å². The van der Waals surface area contributed by atoms with Crippen molar-refractivity contribution in [3.63, 3.8) is 0 Å². The third kappa shape index (κ3) is 7.80. The van der Waals surface area contributed by atoms with Crippen LogP contribution in [0.5, 0.6) is 0 Å². The molecule has 2 N–H and O–H groups in total. The van der Waals surface area contributed by atoms with Gasteiger partial charge in [0.2, 0.25) is 9.84 Å². The molecule has 0 heterocycles. The Kier molecular flexibility index (Phi) is 9.19. The van der Waals surface area contributed by atoms with Crippen molar-refractivity contribution >= 4 is 33.5 Å². The molecular weight excluding hydrogens is 530 g/mol. The number of aliphatic hydroxyl groups is 1. The first kappa shape index (κ1) is 29.2. The second-order valence-corrected chi connectivity index (χ2v) is 12.1. The summed E-state index contributed by atoms with van der Waals surface area (Å²) in [6, 6.07) is 18.0. The van der Waals surface area contributed by atoms with E-state index in [0.29, 0.717) is 17.0 Å². The Balaban J connectivity index is 1.74. The average Bonchev–Trinajstić information content (AvgIpc) is 2.85. The Bertz CT molecular complexity index is 1380. The van der Waals surface area contributed by atoms with Gasteiger partial charge in [0, 0.05) is 11.6 Å². The van der Waals surface area contributed by atoms with E-state index in [1.807, 2.05) is 0 Å². The molecule has 0 radical (unpaired) electrons. The Morgan fingerprint density at radius 3 is 2.08 bits per heavy atom. The first-order chi connectivity index (χ1) is 17.8. The highest BCUT2D eigenvalue weighted by atomic mass is 35.5. The summed E-state index contributed by atoms with van der Waals surface area (Å²) in [6.07, 6.45) is -1.18. The molecule has 0 aromatic heterocycles. The molecule has 3 aromatic rings. The predicted octanol–water partition coefficient (Wildman–Crippen LogP) is 5.38. The molecule has 0 aliphatic rings. The molecule has 0 aliphatic carbocycles. The molecule has 202 valence electrons. The highest BCUT2D eigenvalue weighted by molar-refractivity contribution is 7.91. The van der Waals surface area contributed by atoms with Gasteiger partial charge in [0.1, 0.15) is 5.60 Å². The first-order valence-corrected chi connectivity index (χ1v) is 13.7. The monoisotopic (exact) mass is 559 g/mol. The lowest BCUT2D eigenvalue weighted by Crippen LogP contribution is -2.40. The first-order valence-electron chi connectivity index (χ1n) is 11.8. The Morgan fingerprint density at radius 1 is 0.974 bits per heavy atom. The molecule has 0 unspecified atom stereocenters. The minimum atomic E-state index is -3.83. The topological polar surface area (TPSA) is 121 Å². The Morgan fingerprint density at radius 2 is 1.55 bits per heavy atom. The molecule has 38 heavy (non-hydrogen) atoms. The van der Waals surface area contributed by atoms with E-state index in [9.17, 15) is 23.1 Å². The van der Waals surface area contributed by atoms with E-state index >= 15 is 0 Å². The number of carboxylic acid groups (broad SMARTS) is 1. The van der Waals surface area contributed by atoms with Gasteiger partial charge >= 0.3 is 12.1 Å². The maximum absolute atomic E-state index is 12.9. The van der Waals surface area contributed by atoms with Crippen LogP contribution in [0.25, 0.3) is 0 Å². The molecule has 10 heteroatoms. The molecular formula is C28H30ClNO7S. The van der Waals surface area contributed by atoms with Crippen molar-refractivity contribution < 1.29 is 33.0 Å². The molecule has 3 rings (SSSR count). The molecule has 3 aromatic carbocycles. The van der Waals surface area contributed by atoms with Crippen LogP contribution in [-0.4, -0.2) is 54.3 Å². The molecule has 0 saturated heterocycles. The van der Waals surface area contributed by atoms with Crippen molar-refractivity contribution in [1.82, 2.24) is 4.90 Å². The van der Waals surface area contributed by atoms with Gasteiger partial charge in [-0.15, -0.1) is 0 Å². The number of aromatic carboxylic acids is 1. The van der Waals surface area contributed by atoms with Crippen molar-refractivity contribution in [3.05, 3.63) is 94.5 Å². The third-order valence-corrected chi connectivity index (χ3v) is 7.61. The average molecular weight is 560 g/mol. The second kappa shape index (κ2) is 12.0. The number of hydrogen-bond acceptors (Lipinski definition) is 6. The van der Waals surface area contributed by atoms with Gasteiger partial charge in [-0.3, -0.25) is 0 Å². The SMILES string of the molecule is CC(C)(C)OC(=O)N(CCc1ccc(S(=O)(=O)c2ccc(C(=O)O)cc2)cc1)C[C@@H](O)c1cccc(Cl)c1. The van der Waals surface area contributed by atoms with Gasteiger partial charge in [0.25, 0.3) is 0 Å². The van der Waals surface area contributed by atoms with Gasteiger partial charge in [-0.1, -0.05) is 35.9 Å². The zero-order valence-electron chi connectivity index (χ0n) is 21.3. The van der Waals surface area contributed by atoms with Gasteiger partial charge in [0.15, 0.2) is 0 Å². The largest absolute Gasteiger partial charge is 0.478 e. The van der Waals surface area contributed by atoms with Crippen LogP contribution < -0.4 is 0 Å². The summed E-state index contributed by atoms with van der Waals surface area (Å²) in [7, 11) is -3.83. The number of rotatable bonds is 9. The molecule has 0 bridgehead atoms. The summed E-state index contributed by atoms with van der Waals surface area (Å²) in [5.41, 5.74) is 0.608. The molecule has 0 saturated carbocycles. The van der Waals surface area contributed by atoms with Gasteiger partial charge in [-0.25, -0.2) is 18.0 Å². The summed E-state index contributed by atoms with van der Waals surface area (Å²) in [5.74, 6) is -1.14. The fourth-order valence-corrected chi connectivity index (χ4v) is 5.08. The molecule has 0 fully saturated rings. The lowest BCUT2D eigenvalue weighted by molar-refractivity contribution is 0.0147. The number of benzene rings is 3. The summed E-state index contributed by atoms with van der Waals surface area (Å²) < 4.78 is 31.4. The van der Waals surface area contributed by atoms with Crippen LogP contribution in [0.15, 0.2) is 82.6 Å². The van der Waals surface area contributed by atoms with Crippen molar-refractivity contribution in [2.75, 3.05) is 13.1 Å².